The van der Waals surface area contributed by atoms with Crippen LogP contribution in [0, 0.1) is 6.92 Å². The largest absolute Gasteiger partial charge is 1.00 e. The third-order valence-electron chi connectivity index (χ3n) is 4.04. The second-order valence-electron chi connectivity index (χ2n) is 5.67. The number of nitrogens with zero attached hydrogens (tertiary/aromatic N) is 2. The van der Waals surface area contributed by atoms with Crippen LogP contribution in [0.4, 0.5) is 11.4 Å². The summed E-state index contributed by atoms with van der Waals surface area (Å²) in [6, 6.07) is 15.2. The quantitative estimate of drug-likeness (QED) is 0.363. The van der Waals surface area contributed by atoms with E-state index in [-0.39, 0.29) is 18.2 Å². The number of aryl methyl sites for hydroxylation is 2. The highest BCUT2D eigenvalue weighted by atomic mass is 35.5. The molecule has 0 radical (unpaired) electrons. The Morgan fingerprint density at radius 1 is 1.08 bits per heavy atom. The minimum absolute atomic E-state index is 0. The molecule has 3 N–H and O–H groups in total. The molecule has 0 unspecified atom stereocenters. The molecule has 0 saturated heterocycles. The van der Waals surface area contributed by atoms with Gasteiger partial charge in [0.2, 0.25) is 0 Å². The number of hydrogen-bond acceptors (Lipinski definition) is 3. The molecule has 122 valence electrons. The van der Waals surface area contributed by atoms with Gasteiger partial charge in [0.1, 0.15) is 18.2 Å². The van der Waals surface area contributed by atoms with Gasteiger partial charge in [-0.15, -0.1) is 0 Å². The lowest BCUT2D eigenvalue weighted by Crippen LogP contribution is -3.00. The summed E-state index contributed by atoms with van der Waals surface area (Å²) < 4.78 is 1.93. The van der Waals surface area contributed by atoms with Gasteiger partial charge in [-0.2, -0.15) is 4.68 Å². The Kier molecular flexibility index (Phi) is 4.03. The van der Waals surface area contributed by atoms with Crippen molar-refractivity contribution in [1.82, 2.24) is 10.1 Å². The van der Waals surface area contributed by atoms with E-state index in [0.717, 1.165) is 39.0 Å². The van der Waals surface area contributed by atoms with Crippen LogP contribution in [0.5, 0.6) is 5.75 Å². The van der Waals surface area contributed by atoms with Gasteiger partial charge in [0.05, 0.1) is 16.8 Å². The van der Waals surface area contributed by atoms with Crippen molar-refractivity contribution >= 4 is 33.3 Å². The first-order chi connectivity index (χ1) is 11.1. The molecule has 0 spiro atoms. The van der Waals surface area contributed by atoms with Crippen molar-refractivity contribution in [3.63, 3.8) is 0 Å². The highest BCUT2D eigenvalue weighted by Gasteiger charge is 2.21. The first-order valence-corrected chi connectivity index (χ1v) is 7.46. The number of rotatable bonds is 2. The summed E-state index contributed by atoms with van der Waals surface area (Å²) in [6.45, 7) is 2.04. The molecule has 0 fully saturated rings. The maximum Gasteiger partial charge on any atom is 0.353 e. The number of hydrogen-bond donors (Lipinski definition) is 3. The third-order valence-corrected chi connectivity index (χ3v) is 4.04. The number of aromatic nitrogens is 3. The first kappa shape index (κ1) is 16.1. The maximum atomic E-state index is 9.47. The predicted molar refractivity (Wildman–Crippen MR) is 90.9 cm³/mol. The minimum atomic E-state index is 0. The fourth-order valence-electron chi connectivity index (χ4n) is 2.98. The van der Waals surface area contributed by atoms with Gasteiger partial charge < -0.3 is 22.8 Å². The monoisotopic (exact) mass is 340 g/mol. The number of para-hydroxylation sites is 1. The highest BCUT2D eigenvalue weighted by molar-refractivity contribution is 6.07. The number of aromatic hydroxyl groups is 1. The zero-order chi connectivity index (χ0) is 16.0. The Morgan fingerprint density at radius 2 is 1.79 bits per heavy atom. The lowest BCUT2D eigenvalue weighted by atomic mass is 10.1. The van der Waals surface area contributed by atoms with Gasteiger partial charge in [-0.1, -0.05) is 12.1 Å². The van der Waals surface area contributed by atoms with Gasteiger partial charge in [0.25, 0.3) is 0 Å². The normalized spacial score (nSPS) is 10.8. The van der Waals surface area contributed by atoms with E-state index in [1.807, 2.05) is 49.0 Å². The lowest BCUT2D eigenvalue weighted by Gasteiger charge is -2.09. The van der Waals surface area contributed by atoms with Crippen LogP contribution >= 0.6 is 0 Å². The van der Waals surface area contributed by atoms with Crippen LogP contribution in [0.15, 0.2) is 48.5 Å². The molecule has 2 heterocycles. The smallest absolute Gasteiger partial charge is 0.353 e. The van der Waals surface area contributed by atoms with E-state index >= 15 is 0 Å². The zero-order valence-electron chi connectivity index (χ0n) is 13.3. The second kappa shape index (κ2) is 6.02. The number of halogens is 1. The summed E-state index contributed by atoms with van der Waals surface area (Å²) in [5, 5.41) is 18.4. The van der Waals surface area contributed by atoms with Crippen molar-refractivity contribution in [2.75, 3.05) is 5.32 Å². The number of pyridine rings is 1. The van der Waals surface area contributed by atoms with Crippen LogP contribution in [0.25, 0.3) is 21.9 Å². The zero-order valence-corrected chi connectivity index (χ0v) is 14.1. The van der Waals surface area contributed by atoms with Crippen LogP contribution in [0.3, 0.4) is 0 Å². The van der Waals surface area contributed by atoms with Gasteiger partial charge in [0.15, 0.2) is 5.52 Å². The van der Waals surface area contributed by atoms with Crippen LogP contribution in [-0.2, 0) is 7.05 Å². The standard InChI is InChI=1S/C18H16N4O.ClH/c1-11-16-17(19-12-7-9-13(23)10-8-12)14-5-3-4-6-15(14)20-18(16)22(2)21-11;/h3-10H,1-2H3,(H2,19,20,21,23);1H. The van der Waals surface area contributed by atoms with Crippen molar-refractivity contribution in [1.29, 1.82) is 0 Å². The number of aromatic amines is 1. The van der Waals surface area contributed by atoms with E-state index in [2.05, 4.69) is 16.5 Å². The lowest BCUT2D eigenvalue weighted by molar-refractivity contribution is -0.704. The van der Waals surface area contributed by atoms with E-state index in [9.17, 15) is 5.11 Å². The van der Waals surface area contributed by atoms with Crippen molar-refractivity contribution in [2.24, 2.45) is 7.05 Å². The van der Waals surface area contributed by atoms with E-state index < -0.39 is 0 Å². The van der Waals surface area contributed by atoms with Gasteiger partial charge in [-0.25, -0.2) is 5.10 Å². The molecule has 0 amide bonds. The van der Waals surface area contributed by atoms with Crippen molar-refractivity contribution in [3.8, 4) is 5.75 Å². The van der Waals surface area contributed by atoms with Crippen molar-refractivity contribution in [2.45, 2.75) is 6.92 Å². The molecule has 0 aliphatic rings. The van der Waals surface area contributed by atoms with Crippen LogP contribution in [0.2, 0.25) is 0 Å². The molecule has 0 bridgehead atoms. The SMILES string of the molecule is Cc1[nH][n+](C)c2nc3ccccc3c(Nc3ccc(O)cc3)c12.[Cl-]. The predicted octanol–water partition coefficient (Wildman–Crippen LogP) is 0.302. The molecule has 2 aromatic carbocycles. The average Bonchev–Trinajstić information content (AvgIpc) is 2.83. The van der Waals surface area contributed by atoms with E-state index in [1.54, 1.807) is 12.1 Å². The molecule has 4 rings (SSSR count). The summed E-state index contributed by atoms with van der Waals surface area (Å²) >= 11 is 0. The topological polar surface area (TPSA) is 64.8 Å². The number of nitrogens with one attached hydrogen (secondary N) is 2. The van der Waals surface area contributed by atoms with E-state index in [0.29, 0.717) is 0 Å². The molecule has 5 nitrogen and oxygen atoms in total. The molecule has 0 aliphatic carbocycles. The van der Waals surface area contributed by atoms with Gasteiger partial charge in [0, 0.05) is 5.69 Å². The van der Waals surface area contributed by atoms with E-state index in [4.69, 9.17) is 4.98 Å². The Morgan fingerprint density at radius 3 is 2.54 bits per heavy atom. The van der Waals surface area contributed by atoms with Crippen molar-refractivity contribution < 1.29 is 22.2 Å². The Labute approximate surface area is 145 Å². The number of anilines is 2. The molecule has 6 heteroatoms. The maximum absolute atomic E-state index is 9.47. The Hall–Kier alpha value is -2.79. The summed E-state index contributed by atoms with van der Waals surface area (Å²) in [5.41, 5.74) is 4.84. The van der Waals surface area contributed by atoms with Gasteiger partial charge in [-0.3, -0.25) is 0 Å². The number of H-pyrrole nitrogens is 1. The fraction of sp³-hybridized carbons (Fsp3) is 0.111. The molecule has 0 atom stereocenters. The van der Waals surface area contributed by atoms with E-state index in [1.165, 1.54) is 0 Å². The minimum Gasteiger partial charge on any atom is -1.00 e. The third kappa shape index (κ3) is 2.53. The average molecular weight is 341 g/mol. The molecule has 0 saturated carbocycles. The number of benzene rings is 2. The summed E-state index contributed by atoms with van der Waals surface area (Å²) in [7, 11) is 1.96. The van der Waals surface area contributed by atoms with Crippen LogP contribution in [-0.4, -0.2) is 15.2 Å². The molecule has 4 aromatic rings. The first-order valence-electron chi connectivity index (χ1n) is 7.46. The summed E-state index contributed by atoms with van der Waals surface area (Å²) in [4.78, 5) is 4.77. The number of fused-ring (bicyclic) bond motifs is 2. The van der Waals surface area contributed by atoms with Crippen LogP contribution < -0.4 is 22.4 Å². The molecule has 24 heavy (non-hydrogen) atoms. The summed E-state index contributed by atoms with van der Waals surface area (Å²) in [6.07, 6.45) is 0. The molecule has 2 aromatic heterocycles. The Balaban J connectivity index is 0.00000169. The second-order valence-corrected chi connectivity index (χ2v) is 5.67. The Bertz CT molecular complexity index is 1020. The molecular weight excluding hydrogens is 324 g/mol. The number of phenols is 1. The van der Waals surface area contributed by atoms with Crippen LogP contribution in [0.1, 0.15) is 5.69 Å². The number of phenolic OH excluding ortho intramolecular Hbond substituents is 1. The fourth-order valence-corrected chi connectivity index (χ4v) is 2.98. The van der Waals surface area contributed by atoms with Gasteiger partial charge in [-0.05, 0) is 48.3 Å². The van der Waals surface area contributed by atoms with Crippen molar-refractivity contribution in [3.05, 3.63) is 54.2 Å². The summed E-state index contributed by atoms with van der Waals surface area (Å²) in [5.74, 6) is 0.254. The molecule has 0 aliphatic heterocycles. The van der Waals surface area contributed by atoms with Gasteiger partial charge >= 0.3 is 5.65 Å². The molecular formula is C18H17ClN4O. The highest BCUT2D eigenvalue weighted by Crippen LogP contribution is 2.33.